The van der Waals surface area contributed by atoms with E-state index in [1.165, 1.54) is 0 Å². The summed E-state index contributed by atoms with van der Waals surface area (Å²) in [6, 6.07) is 19.1. The maximum Gasteiger partial charge on any atom is 0.230 e. The van der Waals surface area contributed by atoms with Gasteiger partial charge in [-0.2, -0.15) is 10.4 Å². The lowest BCUT2D eigenvalue weighted by Gasteiger charge is -2.36. The quantitative estimate of drug-likeness (QED) is 0.518. The van der Waals surface area contributed by atoms with Crippen molar-refractivity contribution in [3.8, 4) is 11.8 Å². The normalized spacial score (nSPS) is 15.0. The largest absolute Gasteiger partial charge is 0.382 e. The summed E-state index contributed by atoms with van der Waals surface area (Å²) in [5.74, 6) is 0.299. The first-order valence-corrected chi connectivity index (χ1v) is 11.4. The van der Waals surface area contributed by atoms with E-state index in [9.17, 15) is 10.1 Å². The number of hydrogen-bond donors (Lipinski definition) is 2. The summed E-state index contributed by atoms with van der Waals surface area (Å²) in [5, 5.41) is 17.8. The first-order chi connectivity index (χ1) is 16.0. The first kappa shape index (κ1) is 22.8. The molecule has 1 aliphatic rings. The molecule has 0 spiro atoms. The summed E-state index contributed by atoms with van der Waals surface area (Å²) in [6.45, 7) is 1.52. The topological polar surface area (TPSA) is 106 Å². The van der Waals surface area contributed by atoms with Gasteiger partial charge < -0.3 is 15.8 Å². The molecule has 2 aromatic carbocycles. The molecule has 1 amide bonds. The lowest BCUT2D eigenvalue weighted by Crippen LogP contribution is -2.48. The summed E-state index contributed by atoms with van der Waals surface area (Å²) in [4.78, 5) is 13.3. The second-order valence-electron chi connectivity index (χ2n) is 8.13. The summed E-state index contributed by atoms with van der Waals surface area (Å²) in [7, 11) is 0. The van der Waals surface area contributed by atoms with Crippen LogP contribution in [0.5, 0.6) is 0 Å². The lowest BCUT2D eigenvalue weighted by molar-refractivity contribution is -0.130. The Kier molecular flexibility index (Phi) is 6.97. The Morgan fingerprint density at radius 2 is 1.97 bits per heavy atom. The van der Waals surface area contributed by atoms with Gasteiger partial charge in [-0.25, -0.2) is 4.68 Å². The highest BCUT2D eigenvalue weighted by atomic mass is 35.5. The molecule has 0 aliphatic carbocycles. The molecule has 1 saturated heterocycles. The first-order valence-electron chi connectivity index (χ1n) is 11.0. The third-order valence-corrected chi connectivity index (χ3v) is 6.38. The molecule has 0 unspecified atom stereocenters. The van der Waals surface area contributed by atoms with Gasteiger partial charge in [0.05, 0.1) is 16.8 Å². The number of nitriles is 1. The number of aryl methyl sites for hydroxylation is 1. The molecule has 33 heavy (non-hydrogen) atoms. The number of rotatable bonds is 7. The number of para-hydroxylation sites is 1. The molecule has 0 bridgehead atoms. The van der Waals surface area contributed by atoms with Crippen molar-refractivity contribution in [2.45, 2.75) is 31.1 Å². The summed E-state index contributed by atoms with van der Waals surface area (Å²) >= 11 is 6.20. The van der Waals surface area contributed by atoms with Crippen LogP contribution in [-0.4, -0.2) is 35.4 Å². The third-order valence-electron chi connectivity index (χ3n) is 6.14. The van der Waals surface area contributed by atoms with Crippen LogP contribution in [0.1, 0.15) is 36.1 Å². The minimum absolute atomic E-state index is 0.0251. The molecule has 4 rings (SSSR count). The van der Waals surface area contributed by atoms with Crippen molar-refractivity contribution in [2.75, 3.05) is 25.5 Å². The Morgan fingerprint density at radius 1 is 1.21 bits per heavy atom. The van der Waals surface area contributed by atoms with E-state index < -0.39 is 5.41 Å². The molecule has 0 atom stereocenters. The molecule has 2 heterocycles. The molecular weight excluding hydrogens is 438 g/mol. The number of ether oxygens (including phenoxy) is 1. The molecule has 1 aromatic heterocycles. The van der Waals surface area contributed by atoms with Crippen LogP contribution in [0.4, 0.5) is 5.82 Å². The molecule has 7 nitrogen and oxygen atoms in total. The van der Waals surface area contributed by atoms with Crippen molar-refractivity contribution < 1.29 is 9.53 Å². The lowest BCUT2D eigenvalue weighted by atomic mass is 9.73. The highest BCUT2D eigenvalue weighted by Gasteiger charge is 2.41. The Bertz CT molecular complexity index is 1160. The van der Waals surface area contributed by atoms with Crippen LogP contribution < -0.4 is 11.1 Å². The monoisotopic (exact) mass is 463 g/mol. The van der Waals surface area contributed by atoms with Gasteiger partial charge in [-0.15, -0.1) is 0 Å². The van der Waals surface area contributed by atoms with Gasteiger partial charge >= 0.3 is 0 Å². The Hall–Kier alpha value is -3.34. The second-order valence-corrected chi connectivity index (χ2v) is 8.57. The molecule has 1 fully saturated rings. The van der Waals surface area contributed by atoms with Gasteiger partial charge in [0, 0.05) is 24.8 Å². The standard InChI is InChI=1S/C25H26ClN5O2/c26-19-7-4-6-18(16-19)25(11-14-33-15-12-25)24(32)29-13-5-10-22-21(17-27)23(28)31(30-22)20-8-2-1-3-9-20/h1-4,6-9,16H,5,10-15,28H2,(H,29,32). The number of halogens is 1. The summed E-state index contributed by atoms with van der Waals surface area (Å²) < 4.78 is 7.11. The van der Waals surface area contributed by atoms with Crippen molar-refractivity contribution >= 4 is 23.3 Å². The van der Waals surface area contributed by atoms with Crippen LogP contribution >= 0.6 is 11.6 Å². The van der Waals surface area contributed by atoms with Crippen molar-refractivity contribution in [2.24, 2.45) is 0 Å². The summed E-state index contributed by atoms with van der Waals surface area (Å²) in [5.41, 5.74) is 8.25. The zero-order valence-corrected chi connectivity index (χ0v) is 19.0. The van der Waals surface area contributed by atoms with Crippen molar-refractivity contribution in [1.82, 2.24) is 15.1 Å². The fraction of sp³-hybridized carbons (Fsp3) is 0.320. The number of nitrogens with zero attached hydrogens (tertiary/aromatic N) is 3. The maximum atomic E-state index is 13.3. The minimum atomic E-state index is -0.652. The van der Waals surface area contributed by atoms with Crippen LogP contribution in [0.15, 0.2) is 54.6 Å². The van der Waals surface area contributed by atoms with E-state index in [-0.39, 0.29) is 5.91 Å². The van der Waals surface area contributed by atoms with E-state index in [0.29, 0.717) is 67.5 Å². The molecule has 8 heteroatoms. The van der Waals surface area contributed by atoms with Gasteiger partial charge in [-0.05, 0) is 55.5 Å². The number of nitrogen functional groups attached to an aromatic ring is 1. The van der Waals surface area contributed by atoms with Gasteiger partial charge in [0.2, 0.25) is 5.91 Å². The second kappa shape index (κ2) is 10.1. The minimum Gasteiger partial charge on any atom is -0.382 e. The highest BCUT2D eigenvalue weighted by Crippen LogP contribution is 2.36. The van der Waals surface area contributed by atoms with Crippen molar-refractivity contribution in [3.05, 3.63) is 76.4 Å². The zero-order valence-electron chi connectivity index (χ0n) is 18.3. The van der Waals surface area contributed by atoms with E-state index in [1.54, 1.807) is 4.68 Å². The molecule has 0 saturated carbocycles. The van der Waals surface area contributed by atoms with Crippen LogP contribution in [0, 0.1) is 11.3 Å². The maximum absolute atomic E-state index is 13.3. The van der Waals surface area contributed by atoms with Crippen LogP contribution in [0.3, 0.4) is 0 Å². The number of carbonyl (C=O) groups excluding carboxylic acids is 1. The highest BCUT2D eigenvalue weighted by molar-refractivity contribution is 6.30. The average molecular weight is 464 g/mol. The number of benzene rings is 2. The van der Waals surface area contributed by atoms with Crippen LogP contribution in [-0.2, 0) is 21.4 Å². The fourth-order valence-corrected chi connectivity index (χ4v) is 4.51. The van der Waals surface area contributed by atoms with Crippen LogP contribution in [0.2, 0.25) is 5.02 Å². The number of amides is 1. The van der Waals surface area contributed by atoms with Crippen molar-refractivity contribution in [1.29, 1.82) is 5.26 Å². The summed E-state index contributed by atoms with van der Waals surface area (Å²) in [6.07, 6.45) is 2.37. The number of anilines is 1. The predicted molar refractivity (Wildman–Crippen MR) is 127 cm³/mol. The SMILES string of the molecule is N#Cc1c(CCCNC(=O)C2(c3cccc(Cl)c3)CCOCC2)nn(-c2ccccc2)c1N. The van der Waals surface area contributed by atoms with Gasteiger partial charge in [-0.1, -0.05) is 41.9 Å². The Balaban J connectivity index is 1.43. The van der Waals surface area contributed by atoms with Gasteiger partial charge in [0.25, 0.3) is 0 Å². The van der Waals surface area contributed by atoms with E-state index in [2.05, 4.69) is 16.5 Å². The number of nitrogens with two attached hydrogens (primary N) is 1. The molecule has 1 aliphatic heterocycles. The van der Waals surface area contributed by atoms with Gasteiger partial charge in [0.1, 0.15) is 17.5 Å². The smallest absolute Gasteiger partial charge is 0.230 e. The Morgan fingerprint density at radius 3 is 2.67 bits per heavy atom. The average Bonchev–Trinajstić information content (AvgIpc) is 3.17. The van der Waals surface area contributed by atoms with E-state index in [0.717, 1.165) is 11.3 Å². The molecule has 3 aromatic rings. The van der Waals surface area contributed by atoms with Crippen LogP contribution in [0.25, 0.3) is 5.69 Å². The van der Waals surface area contributed by atoms with Crippen molar-refractivity contribution in [3.63, 3.8) is 0 Å². The van der Waals surface area contributed by atoms with Gasteiger partial charge in [-0.3, -0.25) is 4.79 Å². The number of carbonyl (C=O) groups is 1. The predicted octanol–water partition coefficient (Wildman–Crippen LogP) is 3.78. The molecular formula is C25H26ClN5O2. The molecule has 170 valence electrons. The molecule has 0 radical (unpaired) electrons. The number of nitrogens with one attached hydrogen (secondary N) is 1. The van der Waals surface area contributed by atoms with E-state index in [4.69, 9.17) is 22.1 Å². The number of hydrogen-bond acceptors (Lipinski definition) is 5. The molecule has 3 N–H and O–H groups in total. The Labute approximate surface area is 198 Å². The van der Waals surface area contributed by atoms with E-state index >= 15 is 0 Å². The fourth-order valence-electron chi connectivity index (χ4n) is 4.32. The number of aromatic nitrogens is 2. The van der Waals surface area contributed by atoms with E-state index in [1.807, 2.05) is 54.6 Å². The third kappa shape index (κ3) is 4.72. The zero-order chi connectivity index (χ0) is 23.3. The van der Waals surface area contributed by atoms with Gasteiger partial charge in [0.15, 0.2) is 0 Å².